The summed E-state index contributed by atoms with van der Waals surface area (Å²) in [6.45, 7) is 1.99. The van der Waals surface area contributed by atoms with Crippen LogP contribution in [-0.2, 0) is 0 Å². The molecule has 3 rings (SSSR count). The molecule has 0 aliphatic rings. The Kier molecular flexibility index (Phi) is 2.48. The van der Waals surface area contributed by atoms with Gasteiger partial charge < -0.3 is 4.74 Å². The van der Waals surface area contributed by atoms with Crippen LogP contribution >= 0.6 is 0 Å². The fraction of sp³-hybridized carbons (Fsp3) is 0.143. The highest BCUT2D eigenvalue weighted by atomic mass is 16.5. The number of benzene rings is 1. The lowest BCUT2D eigenvalue weighted by molar-refractivity contribution is 0.415. The van der Waals surface area contributed by atoms with Crippen LogP contribution in [0.2, 0.25) is 0 Å². The Morgan fingerprint density at radius 2 is 1.89 bits per heavy atom. The summed E-state index contributed by atoms with van der Waals surface area (Å²) in [4.78, 5) is 4.43. The van der Waals surface area contributed by atoms with Crippen LogP contribution in [0.1, 0.15) is 5.69 Å². The van der Waals surface area contributed by atoms with Gasteiger partial charge in [0.15, 0.2) is 5.65 Å². The number of ether oxygens (including phenoxy) is 1. The maximum atomic E-state index is 5.17. The lowest BCUT2D eigenvalue weighted by atomic mass is 10.1. The van der Waals surface area contributed by atoms with E-state index in [4.69, 9.17) is 4.74 Å². The zero-order valence-corrected chi connectivity index (χ0v) is 10.3. The molecular weight excluding hydrogens is 226 g/mol. The molecule has 0 spiro atoms. The first-order valence-electron chi connectivity index (χ1n) is 5.74. The summed E-state index contributed by atoms with van der Waals surface area (Å²) >= 11 is 0. The number of hydrogen-bond acceptors (Lipinski definition) is 3. The number of hydrogen-bond donors (Lipinski definition) is 0. The van der Waals surface area contributed by atoms with E-state index in [0.717, 1.165) is 28.3 Å². The molecule has 4 nitrogen and oxygen atoms in total. The molecule has 0 N–H and O–H groups in total. The van der Waals surface area contributed by atoms with Gasteiger partial charge in [-0.3, -0.25) is 0 Å². The van der Waals surface area contributed by atoms with E-state index >= 15 is 0 Å². The second kappa shape index (κ2) is 4.14. The van der Waals surface area contributed by atoms with Gasteiger partial charge in [0.2, 0.25) is 0 Å². The van der Waals surface area contributed by atoms with E-state index in [-0.39, 0.29) is 0 Å². The van der Waals surface area contributed by atoms with E-state index in [9.17, 15) is 0 Å². The molecule has 0 aliphatic heterocycles. The van der Waals surface area contributed by atoms with E-state index in [1.54, 1.807) is 13.3 Å². The summed E-state index contributed by atoms with van der Waals surface area (Å²) in [5.41, 5.74) is 3.97. The second-order valence-electron chi connectivity index (χ2n) is 4.11. The maximum Gasteiger partial charge on any atom is 0.155 e. The van der Waals surface area contributed by atoms with Crippen LogP contribution in [0, 0.1) is 6.92 Å². The SMILES string of the molecule is COc1ccc(-c2cc(C)nc3ccnn23)cc1. The molecule has 1 aromatic carbocycles. The van der Waals surface area contributed by atoms with Crippen molar-refractivity contribution in [3.05, 3.63) is 48.3 Å². The van der Waals surface area contributed by atoms with Crippen LogP contribution in [0.15, 0.2) is 42.6 Å². The zero-order chi connectivity index (χ0) is 12.5. The van der Waals surface area contributed by atoms with Gasteiger partial charge in [-0.2, -0.15) is 5.10 Å². The van der Waals surface area contributed by atoms with Gasteiger partial charge in [-0.25, -0.2) is 9.50 Å². The van der Waals surface area contributed by atoms with E-state index in [2.05, 4.69) is 10.1 Å². The third-order valence-corrected chi connectivity index (χ3v) is 2.87. The largest absolute Gasteiger partial charge is 0.497 e. The number of nitrogens with zero attached hydrogens (tertiary/aromatic N) is 3. The molecule has 0 radical (unpaired) electrons. The van der Waals surface area contributed by atoms with Crippen LogP contribution < -0.4 is 4.74 Å². The Labute approximate surface area is 105 Å². The predicted octanol–water partition coefficient (Wildman–Crippen LogP) is 2.71. The molecule has 0 atom stereocenters. The van der Waals surface area contributed by atoms with Gasteiger partial charge in [0.05, 0.1) is 19.0 Å². The Morgan fingerprint density at radius 3 is 2.61 bits per heavy atom. The normalized spacial score (nSPS) is 10.8. The standard InChI is InChI=1S/C14H13N3O/c1-10-9-13(17-14(16-10)7-8-15-17)11-3-5-12(18-2)6-4-11/h3-9H,1-2H3. The van der Waals surface area contributed by atoms with Crippen molar-refractivity contribution in [2.24, 2.45) is 0 Å². The average molecular weight is 239 g/mol. The summed E-state index contributed by atoms with van der Waals surface area (Å²) in [5.74, 6) is 0.848. The van der Waals surface area contributed by atoms with Gasteiger partial charge in [-0.1, -0.05) is 0 Å². The van der Waals surface area contributed by atoms with Gasteiger partial charge in [0.1, 0.15) is 5.75 Å². The Hall–Kier alpha value is -2.36. The van der Waals surface area contributed by atoms with E-state index in [0.29, 0.717) is 0 Å². The molecule has 0 fully saturated rings. The van der Waals surface area contributed by atoms with Crippen molar-refractivity contribution in [2.75, 3.05) is 7.11 Å². The summed E-state index contributed by atoms with van der Waals surface area (Å²) in [6, 6.07) is 11.9. The number of aryl methyl sites for hydroxylation is 1. The third kappa shape index (κ3) is 1.72. The molecule has 4 heteroatoms. The Balaban J connectivity index is 2.20. The van der Waals surface area contributed by atoms with E-state index in [1.165, 1.54) is 0 Å². The van der Waals surface area contributed by atoms with E-state index < -0.39 is 0 Å². The molecule has 2 heterocycles. The van der Waals surface area contributed by atoms with Crippen molar-refractivity contribution in [1.29, 1.82) is 0 Å². The molecule has 0 aliphatic carbocycles. The molecule has 3 aromatic rings. The lowest BCUT2D eigenvalue weighted by Crippen LogP contribution is -1.97. The van der Waals surface area contributed by atoms with Crippen molar-refractivity contribution >= 4 is 5.65 Å². The Bertz CT molecular complexity index is 686. The number of fused-ring (bicyclic) bond motifs is 1. The topological polar surface area (TPSA) is 39.4 Å². The smallest absolute Gasteiger partial charge is 0.155 e. The molecule has 18 heavy (non-hydrogen) atoms. The number of rotatable bonds is 2. The summed E-state index contributed by atoms with van der Waals surface area (Å²) in [7, 11) is 1.66. The Morgan fingerprint density at radius 1 is 1.11 bits per heavy atom. The molecule has 0 bridgehead atoms. The van der Waals surface area contributed by atoms with Crippen LogP contribution in [-0.4, -0.2) is 21.7 Å². The molecule has 0 saturated carbocycles. The van der Waals surface area contributed by atoms with Crippen LogP contribution in [0.4, 0.5) is 0 Å². The minimum atomic E-state index is 0.848. The summed E-state index contributed by atoms with van der Waals surface area (Å²) in [6.07, 6.45) is 1.76. The first-order valence-corrected chi connectivity index (χ1v) is 5.74. The molecule has 90 valence electrons. The monoisotopic (exact) mass is 239 g/mol. The third-order valence-electron chi connectivity index (χ3n) is 2.87. The van der Waals surface area contributed by atoms with Gasteiger partial charge in [0.25, 0.3) is 0 Å². The van der Waals surface area contributed by atoms with Crippen molar-refractivity contribution in [2.45, 2.75) is 6.92 Å². The second-order valence-corrected chi connectivity index (χ2v) is 4.11. The number of aromatic nitrogens is 3. The van der Waals surface area contributed by atoms with Gasteiger partial charge >= 0.3 is 0 Å². The van der Waals surface area contributed by atoms with E-state index in [1.807, 2.05) is 47.8 Å². The first kappa shape index (κ1) is 10.8. The van der Waals surface area contributed by atoms with Crippen molar-refractivity contribution < 1.29 is 4.74 Å². The quantitative estimate of drug-likeness (QED) is 0.690. The molecular formula is C14H13N3O. The van der Waals surface area contributed by atoms with Crippen LogP contribution in [0.5, 0.6) is 5.75 Å². The van der Waals surface area contributed by atoms with Crippen LogP contribution in [0.25, 0.3) is 16.9 Å². The fourth-order valence-electron chi connectivity index (χ4n) is 2.01. The van der Waals surface area contributed by atoms with Gasteiger partial charge in [-0.05, 0) is 37.3 Å². The minimum Gasteiger partial charge on any atom is -0.497 e. The first-order chi connectivity index (χ1) is 8.78. The van der Waals surface area contributed by atoms with Crippen molar-refractivity contribution in [3.8, 4) is 17.0 Å². The molecule has 0 amide bonds. The predicted molar refractivity (Wildman–Crippen MR) is 69.7 cm³/mol. The van der Waals surface area contributed by atoms with Gasteiger partial charge in [-0.15, -0.1) is 0 Å². The minimum absolute atomic E-state index is 0.848. The fourth-order valence-corrected chi connectivity index (χ4v) is 2.01. The highest BCUT2D eigenvalue weighted by Crippen LogP contribution is 2.23. The maximum absolute atomic E-state index is 5.17. The average Bonchev–Trinajstić information content (AvgIpc) is 2.86. The molecule has 2 aromatic heterocycles. The molecule has 0 saturated heterocycles. The summed E-state index contributed by atoms with van der Waals surface area (Å²) in [5, 5.41) is 4.30. The lowest BCUT2D eigenvalue weighted by Gasteiger charge is -2.07. The van der Waals surface area contributed by atoms with Gasteiger partial charge in [0, 0.05) is 17.3 Å². The molecule has 0 unspecified atom stereocenters. The highest BCUT2D eigenvalue weighted by molar-refractivity contribution is 5.63. The van der Waals surface area contributed by atoms with Crippen molar-refractivity contribution in [1.82, 2.24) is 14.6 Å². The summed E-state index contributed by atoms with van der Waals surface area (Å²) < 4.78 is 7.01. The zero-order valence-electron chi connectivity index (χ0n) is 10.3. The highest BCUT2D eigenvalue weighted by Gasteiger charge is 2.06. The van der Waals surface area contributed by atoms with Crippen LogP contribution in [0.3, 0.4) is 0 Å². The van der Waals surface area contributed by atoms with Crippen molar-refractivity contribution in [3.63, 3.8) is 0 Å². The number of methoxy groups -OCH3 is 1.